The lowest BCUT2D eigenvalue weighted by Gasteiger charge is -2.22. The molecule has 0 amide bonds. The summed E-state index contributed by atoms with van der Waals surface area (Å²) in [5.41, 5.74) is -6.97. The molecule has 1 aliphatic carbocycles. The third-order valence-corrected chi connectivity index (χ3v) is 8.53. The predicted molar refractivity (Wildman–Crippen MR) is 206 cm³/mol. The van der Waals surface area contributed by atoms with E-state index in [-0.39, 0.29) is 43.8 Å². The monoisotopic (exact) mass is 665 g/mol. The van der Waals surface area contributed by atoms with Gasteiger partial charge >= 0.3 is 0 Å². The van der Waals surface area contributed by atoms with Gasteiger partial charge in [-0.05, 0) is 80.4 Å². The van der Waals surface area contributed by atoms with Gasteiger partial charge in [0.05, 0.1) is 45.7 Å². The van der Waals surface area contributed by atoms with Crippen molar-refractivity contribution < 1.29 is 38.7 Å². The number of benzene rings is 7. The van der Waals surface area contributed by atoms with E-state index in [2.05, 4.69) is 9.97 Å². The fraction of sp³-hybridized carbons (Fsp3) is 0.0638. The number of fused-ring (bicyclic) bond motifs is 7. The Morgan fingerprint density at radius 2 is 1.18 bits per heavy atom. The number of furan rings is 1. The second-order valence-corrected chi connectivity index (χ2v) is 11.8. The topological polar surface area (TPSA) is 38.9 Å². The summed E-state index contributed by atoms with van der Waals surface area (Å²) in [6.45, 7) is 3.10. The van der Waals surface area contributed by atoms with E-state index in [0.717, 1.165) is 6.07 Å². The van der Waals surface area contributed by atoms with Crippen molar-refractivity contribution in [3.63, 3.8) is 0 Å². The number of hydrogen-bond donors (Lipinski definition) is 0. The first-order valence-electron chi connectivity index (χ1n) is 27.6. The van der Waals surface area contributed by atoms with Crippen LogP contribution in [0.5, 0.6) is 0 Å². The van der Waals surface area contributed by atoms with E-state index in [1.807, 2.05) is 0 Å². The highest BCUT2D eigenvalue weighted by molar-refractivity contribution is 6.06. The molecule has 2 aromatic heterocycles. The van der Waals surface area contributed by atoms with Gasteiger partial charge in [0.25, 0.3) is 0 Å². The lowest BCUT2D eigenvalue weighted by molar-refractivity contribution is 0.661. The van der Waals surface area contributed by atoms with Gasteiger partial charge in [-0.1, -0.05) is 135 Å². The Bertz CT molecular complexity index is 4160. The summed E-state index contributed by atoms with van der Waals surface area (Å²) >= 11 is 0. The summed E-state index contributed by atoms with van der Waals surface area (Å²) < 4.78 is 228. The maximum Gasteiger partial charge on any atom is 0.160 e. The van der Waals surface area contributed by atoms with Crippen LogP contribution in [0.3, 0.4) is 0 Å². The summed E-state index contributed by atoms with van der Waals surface area (Å²) in [5.74, 6) is -0.713. The molecule has 9 aromatic rings. The van der Waals surface area contributed by atoms with Crippen LogP contribution in [-0.4, -0.2) is 9.97 Å². The summed E-state index contributed by atoms with van der Waals surface area (Å²) in [6, 6.07) is -17.6. The third kappa shape index (κ3) is 4.44. The summed E-state index contributed by atoms with van der Waals surface area (Å²) in [5, 5.41) is -1.41. The molecule has 0 radical (unpaired) electrons. The molecule has 0 spiro atoms. The molecule has 0 atom stereocenters. The number of para-hydroxylation sites is 1. The van der Waals surface area contributed by atoms with Crippen molar-refractivity contribution in [1.29, 1.82) is 0 Å². The van der Waals surface area contributed by atoms with Crippen molar-refractivity contribution in [3.05, 3.63) is 168 Å². The highest BCUT2D eigenvalue weighted by Gasteiger charge is 2.37. The largest absolute Gasteiger partial charge is 0.456 e. The quantitative estimate of drug-likeness (QED) is 0.188. The van der Waals surface area contributed by atoms with E-state index in [1.54, 1.807) is 13.8 Å². The highest BCUT2D eigenvalue weighted by atomic mass is 16.3. The maximum atomic E-state index is 9.60. The molecule has 236 valence electrons. The molecular formula is C47H32N2O. The van der Waals surface area contributed by atoms with Gasteiger partial charge in [-0.3, -0.25) is 0 Å². The van der Waals surface area contributed by atoms with Gasteiger partial charge in [-0.25, -0.2) is 9.97 Å². The minimum absolute atomic E-state index is 0.0181. The number of aromatic nitrogens is 2. The van der Waals surface area contributed by atoms with Crippen LogP contribution in [0, 0.1) is 0 Å². The lowest BCUT2D eigenvalue weighted by Crippen LogP contribution is -2.14. The molecule has 10 rings (SSSR count). The second-order valence-electron chi connectivity index (χ2n) is 11.8. The molecular weight excluding hydrogens is 609 g/mol. The lowest BCUT2D eigenvalue weighted by atomic mass is 9.81. The maximum absolute atomic E-state index is 9.60. The second kappa shape index (κ2) is 10.8. The first-order valence-corrected chi connectivity index (χ1v) is 15.1. The summed E-state index contributed by atoms with van der Waals surface area (Å²) in [7, 11) is 0. The van der Waals surface area contributed by atoms with Gasteiger partial charge in [0.2, 0.25) is 0 Å². The average molecular weight is 666 g/mol. The van der Waals surface area contributed by atoms with Crippen LogP contribution in [0.4, 0.5) is 0 Å². The molecule has 0 fully saturated rings. The molecule has 0 unspecified atom stereocenters. The Morgan fingerprint density at radius 1 is 0.500 bits per heavy atom. The highest BCUT2D eigenvalue weighted by Crippen LogP contribution is 2.53. The molecule has 50 heavy (non-hydrogen) atoms. The van der Waals surface area contributed by atoms with Crippen molar-refractivity contribution >= 4 is 32.7 Å². The number of rotatable bonds is 4. The molecule has 2 heterocycles. The van der Waals surface area contributed by atoms with Crippen LogP contribution in [-0.2, 0) is 5.41 Å². The molecule has 7 aromatic carbocycles. The zero-order chi connectivity index (χ0) is 55.2. The van der Waals surface area contributed by atoms with Crippen LogP contribution >= 0.6 is 0 Å². The molecule has 0 aliphatic heterocycles. The van der Waals surface area contributed by atoms with Crippen LogP contribution in [0.25, 0.3) is 88.9 Å². The number of hydrogen-bond acceptors (Lipinski definition) is 3. The average Bonchev–Trinajstić information content (AvgIpc) is 3.97. The molecule has 3 heteroatoms. The SMILES string of the molecule is [2H]c1c([2H])c([2H])c(-c2nc(-c3c([2H])c([2H])c(-c4c([2H])c([2H])c5oc6c([2H])c([2H])c([2H])c([2H])c6c5c4[2H])c([2H])c3[2H])cc(-c3c([2H])c([2H])c([2H])c4c3-c3c(c([2H])c5c([2H])c([2H])c([2H])c([2H])c5c3[2H])C4(C)C)n2)c([2H])c1[2H]. The van der Waals surface area contributed by atoms with Crippen LogP contribution in [0.1, 0.15) is 59.2 Å². The third-order valence-electron chi connectivity index (χ3n) is 8.53. The van der Waals surface area contributed by atoms with Crippen molar-refractivity contribution in [1.82, 2.24) is 9.97 Å². The van der Waals surface area contributed by atoms with Crippen molar-refractivity contribution in [3.8, 4) is 56.2 Å². The molecule has 0 N–H and O–H groups in total. The van der Waals surface area contributed by atoms with Gasteiger partial charge in [0.15, 0.2) is 5.82 Å². The Labute approximate surface area is 325 Å². The Kier molecular flexibility index (Phi) is 2.86. The smallest absolute Gasteiger partial charge is 0.160 e. The first-order chi connectivity index (χ1) is 34.9. The molecule has 1 aliphatic rings. The van der Waals surface area contributed by atoms with E-state index in [4.69, 9.17) is 26.3 Å². The summed E-state index contributed by atoms with van der Waals surface area (Å²) in [4.78, 5) is 9.06. The Hall–Kier alpha value is -6.32. The van der Waals surface area contributed by atoms with Gasteiger partial charge < -0.3 is 4.42 Å². The zero-order valence-electron chi connectivity index (χ0n) is 50.9. The van der Waals surface area contributed by atoms with Gasteiger partial charge in [-0.15, -0.1) is 0 Å². The van der Waals surface area contributed by atoms with E-state index >= 15 is 0 Å². The summed E-state index contributed by atoms with van der Waals surface area (Å²) in [6.07, 6.45) is 0. The van der Waals surface area contributed by atoms with Gasteiger partial charge in [-0.2, -0.15) is 0 Å². The Balaban J connectivity index is 1.33. The zero-order valence-corrected chi connectivity index (χ0v) is 25.9. The minimum atomic E-state index is -1.51. The van der Waals surface area contributed by atoms with Crippen LogP contribution < -0.4 is 0 Å². The Morgan fingerprint density at radius 3 is 2.02 bits per heavy atom. The minimum Gasteiger partial charge on any atom is -0.456 e. The van der Waals surface area contributed by atoms with Crippen molar-refractivity contribution in [2.24, 2.45) is 0 Å². The standard InChI is InChI=1S/C47H32N2O/c1-47(2)39-17-10-16-36(45(39)38-26-32-13-6-7-14-33(32)27-40(38)47)42-28-41(48-46(49-42)31-11-4-3-5-12-31)30-21-19-29(20-22-30)34-23-24-44-37(25-34)35-15-8-9-18-43(35)50-44/h3-28H,1-2H3/i3D,4D,5D,6D,7D,8D,9D,10D,11D,12D,13D,14D,15D,16D,17D,18D,19D,20D,21D,22D,23D,24D,25D,26D,27D. The van der Waals surface area contributed by atoms with E-state index in [9.17, 15) is 12.3 Å². The van der Waals surface area contributed by atoms with Crippen molar-refractivity contribution in [2.75, 3.05) is 0 Å². The molecule has 3 nitrogen and oxygen atoms in total. The molecule has 0 saturated carbocycles. The molecule has 0 saturated heterocycles. The van der Waals surface area contributed by atoms with E-state index < -0.39 is 213 Å². The van der Waals surface area contributed by atoms with Crippen LogP contribution in [0.15, 0.2) is 162 Å². The normalized spacial score (nSPS) is 20.2. The van der Waals surface area contributed by atoms with Crippen molar-refractivity contribution in [2.45, 2.75) is 19.3 Å². The first kappa shape index (κ1) is 13.2. The molecule has 0 bridgehead atoms. The van der Waals surface area contributed by atoms with E-state index in [1.165, 1.54) is 0 Å². The van der Waals surface area contributed by atoms with E-state index in [0.29, 0.717) is 0 Å². The van der Waals surface area contributed by atoms with Gasteiger partial charge in [0.1, 0.15) is 11.2 Å². The van der Waals surface area contributed by atoms with Crippen LogP contribution in [0.2, 0.25) is 0 Å². The fourth-order valence-electron chi connectivity index (χ4n) is 6.14. The predicted octanol–water partition coefficient (Wildman–Crippen LogP) is 12.5. The van der Waals surface area contributed by atoms with Gasteiger partial charge in [0, 0.05) is 32.9 Å². The number of nitrogens with zero attached hydrogens (tertiary/aromatic N) is 2. The fourth-order valence-corrected chi connectivity index (χ4v) is 6.14.